The van der Waals surface area contributed by atoms with Gasteiger partial charge in [-0.3, -0.25) is 19.6 Å². The van der Waals surface area contributed by atoms with Crippen LogP contribution in [-0.2, 0) is 29.2 Å². The monoisotopic (exact) mass is 1670 g/mol. The number of aromatic nitrogens is 13. The Morgan fingerprint density at radius 1 is 0.440 bits per heavy atom. The smallest absolute Gasteiger partial charge is 0.411 e. The molecule has 24 nitrogen and oxygen atoms in total. The van der Waals surface area contributed by atoms with Gasteiger partial charge in [0.25, 0.3) is 0 Å². The maximum absolute atomic E-state index is 11.8. The van der Waals surface area contributed by atoms with Crippen molar-refractivity contribution in [3.05, 3.63) is 214 Å². The van der Waals surface area contributed by atoms with Crippen LogP contribution in [0.5, 0.6) is 0 Å². The number of nitrogen functional groups attached to an aromatic ring is 2. The number of nitrogens with one attached hydrogen (secondary N) is 5. The number of likely N-dealkylation sites (tertiary alicyclic amines) is 4. The Morgan fingerprint density at radius 3 is 1.13 bits per heavy atom. The quantitative estimate of drug-likeness (QED) is 0.0596. The molecule has 614 valence electrons. The van der Waals surface area contributed by atoms with E-state index in [1.165, 1.54) is 113 Å². The SMILES string of the molecule is CC(C)(C)OC(=O)N1CCCCC1C(=O)O.Cc1ccc(CN2CCCCC2c2nc3ncc(Cl)cc3[nH]2)cc1C.Cc1ccc(CN2CCCC[C@@H]2c2nc3ncc(Cl)cc3[nH]2)cc1C.Cc1ccc(CN2CCCC[C@H]2c2nc3ncc(Cl)cc3[nH]2)cc1C.Clc1cnc2nc(C3CCCCN3)[nH]c2c1.Nc1cc(Cl)cnc1N. The Balaban J connectivity index is 0.000000132. The third-order valence-corrected chi connectivity index (χ3v) is 23.0. The van der Waals surface area contributed by atoms with E-state index in [0.717, 1.165) is 152 Å². The van der Waals surface area contributed by atoms with Gasteiger partial charge in [0.2, 0.25) is 0 Å². The number of hydrogen-bond acceptors (Lipinski definition) is 18. The van der Waals surface area contributed by atoms with Crippen LogP contribution in [-0.4, -0.2) is 146 Å². The first-order valence-corrected chi connectivity index (χ1v) is 42.1. The molecular formula is C87H107Cl5N20O4. The van der Waals surface area contributed by atoms with Crippen molar-refractivity contribution >= 4 is 126 Å². The molecule has 3 aromatic carbocycles. The average molecular weight is 1670 g/mol. The van der Waals surface area contributed by atoms with Gasteiger partial charge in [-0.1, -0.05) is 138 Å². The van der Waals surface area contributed by atoms with Crippen molar-refractivity contribution in [2.24, 2.45) is 0 Å². The van der Waals surface area contributed by atoms with E-state index in [2.05, 4.69) is 166 Å². The second-order valence-corrected chi connectivity index (χ2v) is 34.1. The first-order chi connectivity index (χ1) is 55.6. The number of pyridine rings is 5. The fraction of sp³-hybridized carbons (Fsp3) is 0.437. The highest BCUT2D eigenvalue weighted by molar-refractivity contribution is 6.32. The van der Waals surface area contributed by atoms with Gasteiger partial charge in [0.05, 0.1) is 77.0 Å². The molecule has 5 saturated heterocycles. The number of hydrogen-bond donors (Lipinski definition) is 8. The number of carboxylic acids is 1. The molecule has 0 radical (unpaired) electrons. The zero-order valence-electron chi connectivity index (χ0n) is 67.7. The van der Waals surface area contributed by atoms with Crippen LogP contribution in [0, 0.1) is 41.5 Å². The van der Waals surface area contributed by atoms with Crippen molar-refractivity contribution in [1.29, 1.82) is 0 Å². The summed E-state index contributed by atoms with van der Waals surface area (Å²) in [6.45, 7) is 26.0. The predicted molar refractivity (Wildman–Crippen MR) is 465 cm³/mol. The van der Waals surface area contributed by atoms with E-state index in [1.54, 1.807) is 51.6 Å². The number of aliphatic carboxylic acids is 1. The number of imidazole rings is 4. The number of fused-ring (bicyclic) bond motifs is 4. The maximum atomic E-state index is 11.8. The van der Waals surface area contributed by atoms with Crippen LogP contribution < -0.4 is 16.8 Å². The Kier molecular flexibility index (Phi) is 29.7. The number of piperidine rings is 5. The van der Waals surface area contributed by atoms with Crippen molar-refractivity contribution in [1.82, 2.24) is 89.7 Å². The van der Waals surface area contributed by atoms with E-state index >= 15 is 0 Å². The summed E-state index contributed by atoms with van der Waals surface area (Å²) in [5.41, 5.74) is 29.3. The van der Waals surface area contributed by atoms with Gasteiger partial charge in [0.15, 0.2) is 22.6 Å². The molecule has 10 N–H and O–H groups in total. The van der Waals surface area contributed by atoms with Gasteiger partial charge in [-0.05, 0) is 240 Å². The zero-order valence-corrected chi connectivity index (χ0v) is 71.4. The van der Waals surface area contributed by atoms with E-state index in [9.17, 15) is 9.59 Å². The molecule has 5 atom stereocenters. The van der Waals surface area contributed by atoms with Crippen molar-refractivity contribution in [2.75, 3.05) is 44.2 Å². The number of H-pyrrole nitrogens is 4. The number of aryl methyl sites for hydroxylation is 6. The molecule has 9 aromatic heterocycles. The molecule has 29 heteroatoms. The molecule has 0 spiro atoms. The molecule has 0 saturated carbocycles. The Hall–Kier alpha value is -9.08. The standard InChI is InChI=1S/3C20H23ClN4.C11H13ClN4.C11H19NO4.C5H6ClN3/c3*1-13-6-7-15(9-14(13)2)12-25-8-4-3-5-18(25)20-23-17-10-16(21)11-22-19(17)24-20;12-7-5-9-10(14-6-7)16-11(15-9)8-3-1-2-4-13-8;1-11(2,3)16-10(15)12-7-5-4-6-8(12)9(13)14;6-3-1-4(7)5(8)9-2-3/h3*6-7,9-11,18H,3-5,8,12H2,1-2H3,(H,22,23,24);5-6,8,13H,1-4H2,(H,14,15,16);8H,4-7H2,1-3H3,(H,13,14);1-2H,7H2,(H2,8,9)/t2*18-;;;;/m10..../s1. The highest BCUT2D eigenvalue weighted by Gasteiger charge is 2.36. The van der Waals surface area contributed by atoms with Gasteiger partial charge in [-0.2, -0.15) is 0 Å². The molecular weight excluding hydrogens is 1570 g/mol. The van der Waals surface area contributed by atoms with Crippen LogP contribution in [0.25, 0.3) is 44.7 Å². The lowest BCUT2D eigenvalue weighted by atomic mass is 9.99. The largest absolute Gasteiger partial charge is 0.480 e. The lowest BCUT2D eigenvalue weighted by Gasteiger charge is -2.34. The molecule has 0 bridgehead atoms. The molecule has 12 aromatic rings. The number of amides is 1. The number of anilines is 2. The third-order valence-electron chi connectivity index (χ3n) is 21.9. The molecule has 3 unspecified atom stereocenters. The Bertz CT molecular complexity index is 4970. The molecule has 1 amide bonds. The molecule has 5 aliphatic heterocycles. The molecule has 5 fully saturated rings. The second kappa shape index (κ2) is 39.9. The zero-order chi connectivity index (χ0) is 82.3. The van der Waals surface area contributed by atoms with E-state index in [1.807, 2.05) is 24.3 Å². The van der Waals surface area contributed by atoms with Crippen molar-refractivity contribution in [3.8, 4) is 0 Å². The summed E-state index contributed by atoms with van der Waals surface area (Å²) in [7, 11) is 0. The molecule has 5 aliphatic rings. The number of halogens is 5. The maximum Gasteiger partial charge on any atom is 0.411 e. The van der Waals surface area contributed by atoms with Crippen LogP contribution in [0.2, 0.25) is 25.1 Å². The first-order valence-electron chi connectivity index (χ1n) is 40.2. The number of carbonyl (C=O) groups is 2. The predicted octanol–water partition coefficient (Wildman–Crippen LogP) is 20.1. The number of aromatic amines is 4. The van der Waals surface area contributed by atoms with Crippen molar-refractivity contribution in [2.45, 2.75) is 214 Å². The van der Waals surface area contributed by atoms with Gasteiger partial charge >= 0.3 is 12.1 Å². The second-order valence-electron chi connectivity index (χ2n) is 31.9. The van der Waals surface area contributed by atoms with Gasteiger partial charge in [0, 0.05) is 57.2 Å². The fourth-order valence-corrected chi connectivity index (χ4v) is 16.2. The van der Waals surface area contributed by atoms with Crippen LogP contribution in [0.1, 0.15) is 215 Å². The van der Waals surface area contributed by atoms with Crippen LogP contribution in [0.15, 0.2) is 116 Å². The normalized spacial score (nSPS) is 18.8. The summed E-state index contributed by atoms with van der Waals surface area (Å²) < 4.78 is 5.18. The Labute approximate surface area is 703 Å². The molecule has 17 rings (SSSR count). The number of nitrogens with two attached hydrogens (primary N) is 2. The number of rotatable bonds is 11. The minimum Gasteiger partial charge on any atom is -0.480 e. The highest BCUT2D eigenvalue weighted by atomic mass is 35.5. The summed E-state index contributed by atoms with van der Waals surface area (Å²) in [4.78, 5) is 84.9. The fourth-order valence-electron chi connectivity index (χ4n) is 15.4. The summed E-state index contributed by atoms with van der Waals surface area (Å²) in [5.74, 6) is 3.37. The summed E-state index contributed by atoms with van der Waals surface area (Å²) in [6, 6.07) is 30.0. The lowest BCUT2D eigenvalue weighted by Crippen LogP contribution is -2.49. The number of nitrogens with zero attached hydrogens (tertiary/aromatic N) is 13. The van der Waals surface area contributed by atoms with Crippen molar-refractivity contribution < 1.29 is 19.4 Å². The number of benzene rings is 3. The summed E-state index contributed by atoms with van der Waals surface area (Å²) in [6.07, 6.45) is 24.1. The van der Waals surface area contributed by atoms with E-state index < -0.39 is 23.7 Å². The number of carboxylic acid groups (broad SMARTS) is 1. The van der Waals surface area contributed by atoms with Gasteiger partial charge in [-0.15, -0.1) is 0 Å². The lowest BCUT2D eigenvalue weighted by molar-refractivity contribution is -0.144. The topological polar surface area (TPSA) is 320 Å². The average Bonchev–Trinajstić information content (AvgIpc) is 1.67. The van der Waals surface area contributed by atoms with Gasteiger partial charge in [0.1, 0.15) is 40.8 Å². The summed E-state index contributed by atoms with van der Waals surface area (Å²) >= 11 is 29.6. The van der Waals surface area contributed by atoms with Crippen LogP contribution in [0.3, 0.4) is 0 Å². The molecule has 14 heterocycles. The molecule has 0 aliphatic carbocycles. The van der Waals surface area contributed by atoms with Crippen LogP contribution in [0.4, 0.5) is 16.3 Å². The summed E-state index contributed by atoms with van der Waals surface area (Å²) in [5, 5.41) is 15.5. The number of ether oxygens (including phenoxy) is 1. The first kappa shape index (κ1) is 86.3. The van der Waals surface area contributed by atoms with E-state index in [0.29, 0.717) is 73.8 Å². The number of carbonyl (C=O) groups excluding carboxylic acids is 1. The third kappa shape index (κ3) is 23.4. The minimum absolute atomic E-state index is 0.309. The minimum atomic E-state index is -0.953. The Morgan fingerprint density at radius 2 is 0.784 bits per heavy atom. The highest BCUT2D eigenvalue weighted by Crippen LogP contribution is 2.37. The van der Waals surface area contributed by atoms with Crippen LogP contribution >= 0.6 is 58.0 Å². The van der Waals surface area contributed by atoms with Gasteiger partial charge in [-0.25, -0.2) is 54.4 Å². The molecule has 116 heavy (non-hydrogen) atoms. The van der Waals surface area contributed by atoms with Crippen molar-refractivity contribution in [3.63, 3.8) is 0 Å². The van der Waals surface area contributed by atoms with E-state index in [4.69, 9.17) is 94.3 Å². The van der Waals surface area contributed by atoms with Gasteiger partial charge < -0.3 is 46.6 Å². The van der Waals surface area contributed by atoms with E-state index in [-0.39, 0.29) is 0 Å².